The summed E-state index contributed by atoms with van der Waals surface area (Å²) < 4.78 is 0. The maximum absolute atomic E-state index is 4.71. The predicted octanol–water partition coefficient (Wildman–Crippen LogP) is 8.63. The number of nitrogens with zero attached hydrogens (tertiary/aromatic N) is 2. The Bertz CT molecular complexity index is 697. The van der Waals surface area contributed by atoms with Gasteiger partial charge in [0.1, 0.15) is 0 Å². The molecule has 0 amide bonds. The summed E-state index contributed by atoms with van der Waals surface area (Å²) in [4.78, 5) is 10.2. The lowest BCUT2D eigenvalue weighted by atomic mass is 10.0. The van der Waals surface area contributed by atoms with E-state index in [0.29, 0.717) is 0 Å². The van der Waals surface area contributed by atoms with E-state index in [2.05, 4.69) is 42.0 Å². The molecule has 1 aromatic heterocycles. The van der Waals surface area contributed by atoms with Crippen LogP contribution < -0.4 is 0 Å². The monoisotopic (exact) mass is 426 g/mol. The molecular formula is C27H42N2S. The SMILES string of the molecule is CCCCCCCCCCc1cnc(-c2ccc(CCCCCCC)cc2S)nc1. The number of aryl methyl sites for hydroxylation is 2. The van der Waals surface area contributed by atoms with E-state index in [1.807, 2.05) is 12.4 Å². The van der Waals surface area contributed by atoms with Crippen molar-refractivity contribution in [3.8, 4) is 11.4 Å². The Balaban J connectivity index is 1.74. The molecule has 0 saturated carbocycles. The van der Waals surface area contributed by atoms with E-state index in [4.69, 9.17) is 12.6 Å². The van der Waals surface area contributed by atoms with Gasteiger partial charge in [0.05, 0.1) is 0 Å². The van der Waals surface area contributed by atoms with Gasteiger partial charge < -0.3 is 0 Å². The molecule has 0 aliphatic carbocycles. The third kappa shape index (κ3) is 9.64. The van der Waals surface area contributed by atoms with Gasteiger partial charge in [-0.1, -0.05) is 90.5 Å². The van der Waals surface area contributed by atoms with E-state index >= 15 is 0 Å². The quantitative estimate of drug-likeness (QED) is 0.215. The number of benzene rings is 1. The van der Waals surface area contributed by atoms with E-state index in [1.165, 1.54) is 94.6 Å². The summed E-state index contributed by atoms with van der Waals surface area (Å²) in [6.45, 7) is 4.53. The van der Waals surface area contributed by atoms with Crippen LogP contribution >= 0.6 is 12.6 Å². The minimum Gasteiger partial charge on any atom is -0.236 e. The number of hydrogen-bond donors (Lipinski definition) is 1. The number of thiol groups is 1. The molecular weight excluding hydrogens is 384 g/mol. The Morgan fingerprint density at radius 2 is 1.13 bits per heavy atom. The van der Waals surface area contributed by atoms with Crippen molar-refractivity contribution in [3.05, 3.63) is 41.7 Å². The molecule has 2 nitrogen and oxygen atoms in total. The van der Waals surface area contributed by atoms with Gasteiger partial charge in [-0.05, 0) is 48.9 Å². The fourth-order valence-corrected chi connectivity index (χ4v) is 4.28. The van der Waals surface area contributed by atoms with Gasteiger partial charge >= 0.3 is 0 Å². The Morgan fingerprint density at radius 1 is 0.633 bits per heavy atom. The van der Waals surface area contributed by atoms with Crippen LogP contribution in [0.4, 0.5) is 0 Å². The maximum Gasteiger partial charge on any atom is 0.160 e. The Labute approximate surface area is 190 Å². The summed E-state index contributed by atoms with van der Waals surface area (Å²) in [6.07, 6.45) is 23.6. The minimum absolute atomic E-state index is 0.786. The molecule has 0 bridgehead atoms. The second-order valence-corrected chi connectivity index (χ2v) is 9.14. The van der Waals surface area contributed by atoms with Gasteiger partial charge in [0.2, 0.25) is 0 Å². The van der Waals surface area contributed by atoms with Crippen molar-refractivity contribution >= 4 is 12.6 Å². The molecule has 0 saturated heterocycles. The molecule has 2 aromatic rings. The highest BCUT2D eigenvalue weighted by Crippen LogP contribution is 2.25. The van der Waals surface area contributed by atoms with Crippen molar-refractivity contribution in [2.75, 3.05) is 0 Å². The Hall–Kier alpha value is -1.35. The average molecular weight is 427 g/mol. The van der Waals surface area contributed by atoms with Crippen LogP contribution in [0, 0.1) is 0 Å². The molecule has 0 aliphatic heterocycles. The first-order valence-electron chi connectivity index (χ1n) is 12.4. The lowest BCUT2D eigenvalue weighted by Gasteiger charge is -2.08. The maximum atomic E-state index is 4.71. The molecule has 3 heteroatoms. The van der Waals surface area contributed by atoms with Crippen molar-refractivity contribution in [3.63, 3.8) is 0 Å². The van der Waals surface area contributed by atoms with Gasteiger partial charge in [0.15, 0.2) is 5.82 Å². The molecule has 0 radical (unpaired) electrons. The van der Waals surface area contributed by atoms with Crippen LogP contribution in [0.2, 0.25) is 0 Å². The minimum atomic E-state index is 0.786. The standard InChI is InChI=1S/C27H42N2S/c1-3-5-7-9-10-11-13-15-17-24-21-28-27(29-22-24)25-19-18-23(20-26(25)30)16-14-12-8-6-4-2/h18-22,30H,3-17H2,1-2H3. The fraction of sp³-hybridized carbons (Fsp3) is 0.630. The zero-order chi connectivity index (χ0) is 21.4. The van der Waals surface area contributed by atoms with Gasteiger partial charge in [0.25, 0.3) is 0 Å². The summed E-state index contributed by atoms with van der Waals surface area (Å²) in [6, 6.07) is 6.54. The molecule has 0 N–H and O–H groups in total. The lowest BCUT2D eigenvalue weighted by molar-refractivity contribution is 0.575. The van der Waals surface area contributed by atoms with Crippen molar-refractivity contribution < 1.29 is 0 Å². The van der Waals surface area contributed by atoms with E-state index in [9.17, 15) is 0 Å². The van der Waals surface area contributed by atoms with Crippen molar-refractivity contribution in [2.24, 2.45) is 0 Å². The van der Waals surface area contributed by atoms with Crippen LogP contribution in [-0.2, 0) is 12.8 Å². The Kier molecular flexibility index (Phi) is 12.8. The molecule has 0 spiro atoms. The zero-order valence-corrected chi connectivity index (χ0v) is 20.2. The van der Waals surface area contributed by atoms with Gasteiger partial charge in [-0.25, -0.2) is 9.97 Å². The first-order chi connectivity index (χ1) is 14.7. The summed E-state index contributed by atoms with van der Waals surface area (Å²) in [7, 11) is 0. The number of aromatic nitrogens is 2. The van der Waals surface area contributed by atoms with Crippen LogP contribution in [-0.4, -0.2) is 9.97 Å². The number of unbranched alkanes of at least 4 members (excludes halogenated alkanes) is 11. The zero-order valence-electron chi connectivity index (χ0n) is 19.3. The second-order valence-electron chi connectivity index (χ2n) is 8.66. The van der Waals surface area contributed by atoms with Gasteiger partial charge in [-0.2, -0.15) is 0 Å². The predicted molar refractivity (Wildman–Crippen MR) is 133 cm³/mol. The van der Waals surface area contributed by atoms with Crippen molar-refractivity contribution in [2.45, 2.75) is 115 Å². The summed E-state index contributed by atoms with van der Waals surface area (Å²) in [5.74, 6) is 0.786. The summed E-state index contributed by atoms with van der Waals surface area (Å²) in [5, 5.41) is 0. The largest absolute Gasteiger partial charge is 0.236 e. The molecule has 0 aliphatic rings. The number of hydrogen-bond acceptors (Lipinski definition) is 3. The molecule has 0 atom stereocenters. The molecule has 1 aromatic carbocycles. The topological polar surface area (TPSA) is 25.8 Å². The average Bonchev–Trinajstić information content (AvgIpc) is 2.76. The smallest absolute Gasteiger partial charge is 0.160 e. The van der Waals surface area contributed by atoms with Crippen LogP contribution in [0.5, 0.6) is 0 Å². The molecule has 0 fully saturated rings. The highest BCUT2D eigenvalue weighted by Gasteiger charge is 2.07. The Morgan fingerprint density at radius 3 is 1.67 bits per heavy atom. The summed E-state index contributed by atoms with van der Waals surface area (Å²) in [5.41, 5.74) is 3.65. The van der Waals surface area contributed by atoms with E-state index in [1.54, 1.807) is 0 Å². The molecule has 2 rings (SSSR count). The third-order valence-electron chi connectivity index (χ3n) is 5.90. The third-order valence-corrected chi connectivity index (χ3v) is 6.27. The van der Waals surface area contributed by atoms with Crippen LogP contribution in [0.15, 0.2) is 35.5 Å². The van der Waals surface area contributed by atoms with Gasteiger partial charge in [-0.15, -0.1) is 12.6 Å². The second kappa shape index (κ2) is 15.5. The lowest BCUT2D eigenvalue weighted by Crippen LogP contribution is -1.95. The highest BCUT2D eigenvalue weighted by molar-refractivity contribution is 7.80. The molecule has 166 valence electrons. The van der Waals surface area contributed by atoms with Gasteiger partial charge in [-0.3, -0.25) is 0 Å². The molecule has 1 heterocycles. The molecule has 30 heavy (non-hydrogen) atoms. The normalized spacial score (nSPS) is 11.2. The van der Waals surface area contributed by atoms with Crippen LogP contribution in [0.3, 0.4) is 0 Å². The van der Waals surface area contributed by atoms with Crippen LogP contribution in [0.25, 0.3) is 11.4 Å². The van der Waals surface area contributed by atoms with Crippen molar-refractivity contribution in [1.82, 2.24) is 9.97 Å². The van der Waals surface area contributed by atoms with E-state index in [-0.39, 0.29) is 0 Å². The van der Waals surface area contributed by atoms with Crippen molar-refractivity contribution in [1.29, 1.82) is 0 Å². The van der Waals surface area contributed by atoms with E-state index in [0.717, 1.165) is 29.1 Å². The highest BCUT2D eigenvalue weighted by atomic mass is 32.1. The first kappa shape index (κ1) is 24.9. The fourth-order valence-electron chi connectivity index (χ4n) is 3.94. The number of rotatable bonds is 16. The molecule has 0 unspecified atom stereocenters. The van der Waals surface area contributed by atoms with E-state index < -0.39 is 0 Å². The van der Waals surface area contributed by atoms with Crippen LogP contribution in [0.1, 0.15) is 108 Å². The summed E-state index contributed by atoms with van der Waals surface area (Å²) >= 11 is 4.71. The first-order valence-corrected chi connectivity index (χ1v) is 12.8. The van der Waals surface area contributed by atoms with Gasteiger partial charge in [0, 0.05) is 22.9 Å².